The number of hydrogen-bond acceptors (Lipinski definition) is 4. The molecule has 90 valence electrons. The molecule has 0 aliphatic heterocycles. The summed E-state index contributed by atoms with van der Waals surface area (Å²) in [6, 6.07) is 8.02. The van der Waals surface area contributed by atoms with Crippen molar-refractivity contribution in [3.8, 4) is 16.3 Å². The number of nitrogens with zero attached hydrogens (tertiary/aromatic N) is 1. The van der Waals surface area contributed by atoms with Gasteiger partial charge in [-0.3, -0.25) is 0 Å². The van der Waals surface area contributed by atoms with Gasteiger partial charge in [-0.15, -0.1) is 11.3 Å². The first-order chi connectivity index (χ1) is 8.33. The molecule has 0 aliphatic rings. The molecule has 2 aromatic rings. The molecule has 0 fully saturated rings. The lowest BCUT2D eigenvalue weighted by atomic mass is 10.2. The van der Waals surface area contributed by atoms with Crippen molar-refractivity contribution in [2.75, 3.05) is 13.2 Å². The zero-order valence-electron chi connectivity index (χ0n) is 9.85. The second-order valence-corrected chi connectivity index (χ2v) is 4.75. The molecule has 2 N–H and O–H groups in total. The third kappa shape index (κ3) is 3.05. The van der Waals surface area contributed by atoms with Crippen LogP contribution in [0.1, 0.15) is 11.8 Å². The predicted octanol–water partition coefficient (Wildman–Crippen LogP) is 2.71. The Morgan fingerprint density at radius 2 is 2.29 bits per heavy atom. The standard InChI is InChI=1S/C13H16N2OS/c1-2-16-11-5-3-4-10(8-11)13-15-9-12(17-13)6-7-14/h3-5,8-9H,2,6-7,14H2,1H3. The van der Waals surface area contributed by atoms with Gasteiger partial charge in [-0.25, -0.2) is 4.98 Å². The van der Waals surface area contributed by atoms with Gasteiger partial charge in [0.25, 0.3) is 0 Å². The fraction of sp³-hybridized carbons (Fsp3) is 0.308. The van der Waals surface area contributed by atoms with Crippen molar-refractivity contribution in [2.24, 2.45) is 5.73 Å². The Balaban J connectivity index is 2.22. The highest BCUT2D eigenvalue weighted by Gasteiger charge is 2.05. The van der Waals surface area contributed by atoms with E-state index in [-0.39, 0.29) is 0 Å². The maximum atomic E-state index is 5.53. The molecule has 0 atom stereocenters. The summed E-state index contributed by atoms with van der Waals surface area (Å²) >= 11 is 1.69. The van der Waals surface area contributed by atoms with Crippen LogP contribution in [0, 0.1) is 0 Å². The molecule has 3 nitrogen and oxygen atoms in total. The predicted molar refractivity (Wildman–Crippen MR) is 71.5 cm³/mol. The summed E-state index contributed by atoms with van der Waals surface area (Å²) in [6.07, 6.45) is 2.79. The number of ether oxygens (including phenoxy) is 1. The Kier molecular flexibility index (Phi) is 4.12. The molecule has 0 spiro atoms. The normalized spacial score (nSPS) is 10.5. The van der Waals surface area contributed by atoms with E-state index in [4.69, 9.17) is 10.5 Å². The molecule has 0 saturated heterocycles. The summed E-state index contributed by atoms with van der Waals surface area (Å²) in [5.74, 6) is 0.889. The molecule has 0 amide bonds. The van der Waals surface area contributed by atoms with E-state index < -0.39 is 0 Å². The van der Waals surface area contributed by atoms with E-state index in [1.807, 2.05) is 37.4 Å². The number of thiazole rings is 1. The minimum absolute atomic E-state index is 0.667. The Morgan fingerprint density at radius 3 is 3.06 bits per heavy atom. The topological polar surface area (TPSA) is 48.1 Å². The summed E-state index contributed by atoms with van der Waals surface area (Å²) in [4.78, 5) is 5.64. The Hall–Kier alpha value is -1.39. The van der Waals surface area contributed by atoms with Crippen LogP contribution in [0.3, 0.4) is 0 Å². The molecule has 0 aliphatic carbocycles. The van der Waals surface area contributed by atoms with Gasteiger partial charge in [0.15, 0.2) is 0 Å². The van der Waals surface area contributed by atoms with Crippen molar-refractivity contribution >= 4 is 11.3 Å². The van der Waals surface area contributed by atoms with Gasteiger partial charge in [-0.05, 0) is 32.0 Å². The monoisotopic (exact) mass is 248 g/mol. The SMILES string of the molecule is CCOc1cccc(-c2ncc(CCN)s2)c1. The highest BCUT2D eigenvalue weighted by Crippen LogP contribution is 2.28. The summed E-state index contributed by atoms with van der Waals surface area (Å²) < 4.78 is 5.48. The van der Waals surface area contributed by atoms with E-state index in [0.717, 1.165) is 22.7 Å². The number of benzene rings is 1. The zero-order valence-corrected chi connectivity index (χ0v) is 10.7. The lowest BCUT2D eigenvalue weighted by Gasteiger charge is -2.03. The maximum absolute atomic E-state index is 5.53. The first-order valence-electron chi connectivity index (χ1n) is 5.71. The van der Waals surface area contributed by atoms with Crippen molar-refractivity contribution in [3.63, 3.8) is 0 Å². The highest BCUT2D eigenvalue weighted by molar-refractivity contribution is 7.15. The van der Waals surface area contributed by atoms with Crippen molar-refractivity contribution in [2.45, 2.75) is 13.3 Å². The average molecular weight is 248 g/mol. The van der Waals surface area contributed by atoms with Gasteiger partial charge in [-0.2, -0.15) is 0 Å². The number of nitrogens with two attached hydrogens (primary N) is 1. The average Bonchev–Trinajstić information content (AvgIpc) is 2.79. The van der Waals surface area contributed by atoms with Crippen LogP contribution in [-0.4, -0.2) is 18.1 Å². The quantitative estimate of drug-likeness (QED) is 0.885. The maximum Gasteiger partial charge on any atom is 0.123 e. The van der Waals surface area contributed by atoms with Crippen LogP contribution in [0.5, 0.6) is 5.75 Å². The molecule has 1 aromatic heterocycles. The molecule has 17 heavy (non-hydrogen) atoms. The van der Waals surface area contributed by atoms with Crippen LogP contribution in [0.4, 0.5) is 0 Å². The van der Waals surface area contributed by atoms with Gasteiger partial charge < -0.3 is 10.5 Å². The fourth-order valence-electron chi connectivity index (χ4n) is 1.58. The summed E-state index contributed by atoms with van der Waals surface area (Å²) in [5.41, 5.74) is 6.63. The van der Waals surface area contributed by atoms with E-state index >= 15 is 0 Å². The molecule has 0 radical (unpaired) electrons. The Bertz CT molecular complexity index is 482. The number of hydrogen-bond donors (Lipinski definition) is 1. The molecule has 4 heteroatoms. The Labute approximate surface area is 105 Å². The lowest BCUT2D eigenvalue weighted by molar-refractivity contribution is 0.340. The Morgan fingerprint density at radius 1 is 1.41 bits per heavy atom. The van der Waals surface area contributed by atoms with Gasteiger partial charge >= 0.3 is 0 Å². The first kappa shape index (κ1) is 12.1. The molecule has 1 aromatic carbocycles. The van der Waals surface area contributed by atoms with E-state index in [2.05, 4.69) is 4.98 Å². The van der Waals surface area contributed by atoms with E-state index in [1.54, 1.807) is 11.3 Å². The third-order valence-corrected chi connectivity index (χ3v) is 3.44. The van der Waals surface area contributed by atoms with Crippen LogP contribution < -0.4 is 10.5 Å². The molecule has 1 heterocycles. The molecular formula is C13H16N2OS. The van der Waals surface area contributed by atoms with Crippen LogP contribution in [0.25, 0.3) is 10.6 Å². The first-order valence-corrected chi connectivity index (χ1v) is 6.53. The van der Waals surface area contributed by atoms with Gasteiger partial charge in [0.05, 0.1) is 6.61 Å². The molecule has 0 unspecified atom stereocenters. The van der Waals surface area contributed by atoms with Crippen LogP contribution >= 0.6 is 11.3 Å². The third-order valence-electron chi connectivity index (χ3n) is 2.34. The molecule has 2 rings (SSSR count). The number of rotatable bonds is 5. The zero-order chi connectivity index (χ0) is 12.1. The molecule has 0 bridgehead atoms. The summed E-state index contributed by atoms with van der Waals surface area (Å²) in [5, 5.41) is 1.02. The number of aromatic nitrogens is 1. The highest BCUT2D eigenvalue weighted by atomic mass is 32.1. The van der Waals surface area contributed by atoms with Crippen molar-refractivity contribution in [1.29, 1.82) is 0 Å². The van der Waals surface area contributed by atoms with E-state index in [9.17, 15) is 0 Å². The van der Waals surface area contributed by atoms with E-state index in [1.165, 1.54) is 4.88 Å². The summed E-state index contributed by atoms with van der Waals surface area (Å²) in [7, 11) is 0. The largest absolute Gasteiger partial charge is 0.494 e. The molecular weight excluding hydrogens is 232 g/mol. The van der Waals surface area contributed by atoms with Gasteiger partial charge in [0, 0.05) is 16.6 Å². The fourth-order valence-corrected chi connectivity index (χ4v) is 2.51. The van der Waals surface area contributed by atoms with E-state index in [0.29, 0.717) is 13.2 Å². The minimum atomic E-state index is 0.667. The van der Waals surface area contributed by atoms with Gasteiger partial charge in [0.2, 0.25) is 0 Å². The van der Waals surface area contributed by atoms with Crippen LogP contribution in [0.15, 0.2) is 30.5 Å². The van der Waals surface area contributed by atoms with Crippen LogP contribution in [-0.2, 0) is 6.42 Å². The van der Waals surface area contributed by atoms with Crippen molar-refractivity contribution in [1.82, 2.24) is 4.98 Å². The second kappa shape index (κ2) is 5.80. The van der Waals surface area contributed by atoms with Crippen LogP contribution in [0.2, 0.25) is 0 Å². The summed E-state index contributed by atoms with van der Waals surface area (Å²) in [6.45, 7) is 3.33. The molecule has 0 saturated carbocycles. The van der Waals surface area contributed by atoms with Crippen molar-refractivity contribution in [3.05, 3.63) is 35.3 Å². The smallest absolute Gasteiger partial charge is 0.123 e. The van der Waals surface area contributed by atoms with Gasteiger partial charge in [0.1, 0.15) is 10.8 Å². The van der Waals surface area contributed by atoms with Crippen molar-refractivity contribution < 1.29 is 4.74 Å². The lowest BCUT2D eigenvalue weighted by Crippen LogP contribution is -2.00. The minimum Gasteiger partial charge on any atom is -0.494 e. The van der Waals surface area contributed by atoms with Gasteiger partial charge in [-0.1, -0.05) is 12.1 Å². The second-order valence-electron chi connectivity index (χ2n) is 3.63.